The molecule has 1 atom stereocenters. The van der Waals surface area contributed by atoms with E-state index in [1.165, 1.54) is 12.1 Å². The van der Waals surface area contributed by atoms with Crippen LogP contribution in [0.15, 0.2) is 36.7 Å². The molecule has 98 valence electrons. The van der Waals surface area contributed by atoms with Crippen molar-refractivity contribution in [1.82, 2.24) is 4.57 Å². The molecule has 0 amide bonds. The molecule has 0 N–H and O–H groups in total. The lowest BCUT2D eigenvalue weighted by Crippen LogP contribution is -2.19. The van der Waals surface area contributed by atoms with E-state index in [0.717, 1.165) is 11.3 Å². The minimum atomic E-state index is -0.233. The van der Waals surface area contributed by atoms with Gasteiger partial charge in [0.1, 0.15) is 17.7 Å². The normalized spacial score (nSPS) is 17.1. The number of benzene rings is 1. The van der Waals surface area contributed by atoms with Gasteiger partial charge in [-0.1, -0.05) is 0 Å². The first-order valence-corrected chi connectivity index (χ1v) is 6.23. The van der Waals surface area contributed by atoms with Crippen molar-refractivity contribution in [3.8, 4) is 5.75 Å². The summed E-state index contributed by atoms with van der Waals surface area (Å²) in [5.74, 6) is 0.574. The number of hydrogen-bond donors (Lipinski definition) is 0. The molecule has 0 bridgehead atoms. The zero-order valence-corrected chi connectivity index (χ0v) is 10.6. The first-order valence-electron chi connectivity index (χ1n) is 6.23. The molecule has 0 fully saturated rings. The molecule has 1 unspecified atom stereocenters. The maximum Gasteiger partial charge on any atom is 0.161 e. The van der Waals surface area contributed by atoms with Crippen molar-refractivity contribution in [3.05, 3.63) is 53.6 Å². The lowest BCUT2D eigenvalue weighted by molar-refractivity contribution is 0.101. The highest BCUT2D eigenvalue weighted by Gasteiger charge is 2.23. The van der Waals surface area contributed by atoms with Crippen LogP contribution in [0.2, 0.25) is 0 Å². The van der Waals surface area contributed by atoms with E-state index in [4.69, 9.17) is 4.74 Å². The number of hydrogen-bond acceptors (Lipinski definition) is 2. The summed E-state index contributed by atoms with van der Waals surface area (Å²) in [5.41, 5.74) is 1.60. The van der Waals surface area contributed by atoms with Crippen LogP contribution in [0.4, 0.5) is 4.39 Å². The second kappa shape index (κ2) is 4.53. The summed E-state index contributed by atoms with van der Waals surface area (Å²) in [6, 6.07) is 6.39. The molecule has 0 aliphatic carbocycles. The van der Waals surface area contributed by atoms with Crippen LogP contribution in [0.25, 0.3) is 0 Å². The molecular formula is C15H14FNO2. The quantitative estimate of drug-likeness (QED) is 0.794. The summed E-state index contributed by atoms with van der Waals surface area (Å²) in [7, 11) is 0. The molecule has 4 heteroatoms. The topological polar surface area (TPSA) is 31.2 Å². The number of ether oxygens (including phenoxy) is 1. The maximum absolute atomic E-state index is 13.1. The molecule has 1 aliphatic heterocycles. The summed E-state index contributed by atoms with van der Waals surface area (Å²) in [6.45, 7) is 2.20. The summed E-state index contributed by atoms with van der Waals surface area (Å²) < 4.78 is 20.8. The van der Waals surface area contributed by atoms with Gasteiger partial charge in [0.05, 0.1) is 6.54 Å². The smallest absolute Gasteiger partial charge is 0.161 e. The van der Waals surface area contributed by atoms with Crippen molar-refractivity contribution in [2.45, 2.75) is 26.0 Å². The molecule has 3 rings (SSSR count). The summed E-state index contributed by atoms with van der Waals surface area (Å²) in [6.07, 6.45) is 4.36. The summed E-state index contributed by atoms with van der Waals surface area (Å²) in [5, 5.41) is 0. The van der Waals surface area contributed by atoms with Crippen LogP contribution in [-0.2, 0) is 13.0 Å². The van der Waals surface area contributed by atoms with Crippen LogP contribution < -0.4 is 4.74 Å². The lowest BCUT2D eigenvalue weighted by Gasteiger charge is -2.11. The van der Waals surface area contributed by atoms with Gasteiger partial charge in [0, 0.05) is 29.9 Å². The molecular weight excluding hydrogens is 245 g/mol. The predicted octanol–water partition coefficient (Wildman–Crippen LogP) is 2.83. The van der Waals surface area contributed by atoms with Gasteiger partial charge in [-0.25, -0.2) is 4.39 Å². The highest BCUT2D eigenvalue weighted by Crippen LogP contribution is 2.29. The zero-order chi connectivity index (χ0) is 13.4. The molecule has 0 saturated heterocycles. The number of nitrogens with zero attached hydrogens (tertiary/aromatic N) is 1. The summed E-state index contributed by atoms with van der Waals surface area (Å²) in [4.78, 5) is 11.2. The van der Waals surface area contributed by atoms with E-state index in [2.05, 4.69) is 0 Å². The monoisotopic (exact) mass is 259 g/mol. The lowest BCUT2D eigenvalue weighted by atomic mass is 10.1. The second-order valence-corrected chi connectivity index (χ2v) is 4.85. The van der Waals surface area contributed by atoms with Crippen molar-refractivity contribution in [2.24, 2.45) is 0 Å². The Morgan fingerprint density at radius 2 is 2.32 bits per heavy atom. The third kappa shape index (κ3) is 2.38. The van der Waals surface area contributed by atoms with Crippen LogP contribution in [-0.4, -0.2) is 16.5 Å². The molecule has 1 aliphatic rings. The number of fused-ring (bicyclic) bond motifs is 1. The van der Waals surface area contributed by atoms with E-state index in [1.54, 1.807) is 19.1 Å². The van der Waals surface area contributed by atoms with E-state index >= 15 is 0 Å². The molecule has 0 spiro atoms. The van der Waals surface area contributed by atoms with Crippen molar-refractivity contribution in [2.75, 3.05) is 0 Å². The largest absolute Gasteiger partial charge is 0.488 e. The Labute approximate surface area is 110 Å². The van der Waals surface area contributed by atoms with Gasteiger partial charge in [0.25, 0.3) is 0 Å². The maximum atomic E-state index is 13.1. The molecule has 19 heavy (non-hydrogen) atoms. The third-order valence-electron chi connectivity index (χ3n) is 3.34. The fourth-order valence-corrected chi connectivity index (χ4v) is 2.39. The standard InChI is InChI=1S/C15H14FNO2/c1-10(18)11-4-5-17(8-11)9-14-7-12-6-13(16)2-3-15(12)19-14/h2-6,8,14H,7,9H2,1H3. The van der Waals surface area contributed by atoms with Gasteiger partial charge < -0.3 is 9.30 Å². The Kier molecular flexibility index (Phi) is 2.85. The van der Waals surface area contributed by atoms with Gasteiger partial charge in [-0.3, -0.25) is 4.79 Å². The Morgan fingerprint density at radius 1 is 1.47 bits per heavy atom. The molecule has 2 heterocycles. The van der Waals surface area contributed by atoms with E-state index in [-0.39, 0.29) is 17.7 Å². The van der Waals surface area contributed by atoms with Gasteiger partial charge in [-0.15, -0.1) is 0 Å². The number of carbonyl (C=O) groups excluding carboxylic acids is 1. The van der Waals surface area contributed by atoms with Crippen LogP contribution in [0.1, 0.15) is 22.8 Å². The highest BCUT2D eigenvalue weighted by molar-refractivity contribution is 5.93. The fraction of sp³-hybridized carbons (Fsp3) is 0.267. The van der Waals surface area contributed by atoms with Crippen LogP contribution in [0, 0.1) is 5.82 Å². The van der Waals surface area contributed by atoms with Crippen molar-refractivity contribution < 1.29 is 13.9 Å². The second-order valence-electron chi connectivity index (χ2n) is 4.85. The number of rotatable bonds is 3. The number of halogens is 1. The van der Waals surface area contributed by atoms with Gasteiger partial charge in [-0.2, -0.15) is 0 Å². The average molecular weight is 259 g/mol. The molecule has 0 saturated carbocycles. The first kappa shape index (κ1) is 12.0. The van der Waals surface area contributed by atoms with Crippen molar-refractivity contribution in [3.63, 3.8) is 0 Å². The molecule has 1 aromatic carbocycles. The predicted molar refractivity (Wildman–Crippen MR) is 69.0 cm³/mol. The Bertz CT molecular complexity index is 633. The first-order chi connectivity index (χ1) is 9.11. The van der Waals surface area contributed by atoms with Crippen molar-refractivity contribution in [1.29, 1.82) is 0 Å². The molecule has 1 aromatic heterocycles. The average Bonchev–Trinajstić information content (AvgIpc) is 2.95. The van der Waals surface area contributed by atoms with Gasteiger partial charge >= 0.3 is 0 Å². The summed E-state index contributed by atoms with van der Waals surface area (Å²) >= 11 is 0. The van der Waals surface area contributed by atoms with Gasteiger partial charge in [0.15, 0.2) is 5.78 Å². The fourth-order valence-electron chi connectivity index (χ4n) is 2.39. The Morgan fingerprint density at radius 3 is 3.05 bits per heavy atom. The van der Waals surface area contributed by atoms with Crippen molar-refractivity contribution >= 4 is 5.78 Å². The SMILES string of the molecule is CC(=O)c1ccn(CC2Cc3cc(F)ccc3O2)c1. The van der Waals surface area contributed by atoms with Crippen LogP contribution in [0.3, 0.4) is 0 Å². The number of aromatic nitrogens is 1. The van der Waals surface area contributed by atoms with Gasteiger partial charge in [-0.05, 0) is 31.2 Å². The minimum absolute atomic E-state index is 0.0102. The number of carbonyl (C=O) groups is 1. The van der Waals surface area contributed by atoms with E-state index in [1.807, 2.05) is 17.0 Å². The number of ketones is 1. The Balaban J connectivity index is 1.71. The molecule has 2 aromatic rings. The molecule has 3 nitrogen and oxygen atoms in total. The zero-order valence-electron chi connectivity index (χ0n) is 10.6. The number of Topliss-reactive ketones (excluding diaryl/α,β-unsaturated/α-hetero) is 1. The van der Waals surface area contributed by atoms with E-state index in [0.29, 0.717) is 18.5 Å². The van der Waals surface area contributed by atoms with E-state index < -0.39 is 0 Å². The van der Waals surface area contributed by atoms with Gasteiger partial charge in [0.2, 0.25) is 0 Å². The van der Waals surface area contributed by atoms with E-state index in [9.17, 15) is 9.18 Å². The molecule has 0 radical (unpaired) electrons. The minimum Gasteiger partial charge on any atom is -0.488 e. The Hall–Kier alpha value is -2.10. The highest BCUT2D eigenvalue weighted by atomic mass is 19.1. The van der Waals surface area contributed by atoms with Crippen LogP contribution >= 0.6 is 0 Å². The third-order valence-corrected chi connectivity index (χ3v) is 3.34. The van der Waals surface area contributed by atoms with Crippen LogP contribution in [0.5, 0.6) is 5.75 Å².